The van der Waals surface area contributed by atoms with Crippen LogP contribution in [0.25, 0.3) is 0 Å². The molecule has 1 aromatic carbocycles. The summed E-state index contributed by atoms with van der Waals surface area (Å²) >= 11 is 0. The van der Waals surface area contributed by atoms with Gasteiger partial charge in [-0.25, -0.2) is 0 Å². The molecule has 0 aliphatic carbocycles. The number of fused-ring (bicyclic) bond motifs is 1. The fourth-order valence-electron chi connectivity index (χ4n) is 3.20. The van der Waals surface area contributed by atoms with E-state index < -0.39 is 0 Å². The highest BCUT2D eigenvalue weighted by atomic mass is 15.3. The van der Waals surface area contributed by atoms with Crippen LogP contribution in [0.1, 0.15) is 37.9 Å². The molecule has 2 aromatic rings. The van der Waals surface area contributed by atoms with E-state index in [-0.39, 0.29) is 5.41 Å². The first kappa shape index (κ1) is 13.2. The zero-order valence-corrected chi connectivity index (χ0v) is 12.6. The molecule has 0 fully saturated rings. The van der Waals surface area contributed by atoms with Gasteiger partial charge in [-0.05, 0) is 36.0 Å². The molecule has 0 radical (unpaired) electrons. The molecule has 3 heteroatoms. The molecule has 3 rings (SSSR count). The quantitative estimate of drug-likeness (QED) is 0.832. The Bertz CT molecular complexity index is 598. The minimum atomic E-state index is 0.262. The van der Waals surface area contributed by atoms with Crippen molar-refractivity contribution in [1.29, 1.82) is 0 Å². The van der Waals surface area contributed by atoms with Crippen molar-refractivity contribution in [2.45, 2.75) is 38.6 Å². The second-order valence-corrected chi connectivity index (χ2v) is 6.37. The molecule has 2 heterocycles. The first-order valence-electron chi connectivity index (χ1n) is 7.39. The van der Waals surface area contributed by atoms with Crippen molar-refractivity contribution in [1.82, 2.24) is 9.78 Å². The third kappa shape index (κ3) is 2.33. The van der Waals surface area contributed by atoms with Crippen LogP contribution in [0.2, 0.25) is 0 Å². The smallest absolute Gasteiger partial charge is 0.0598 e. The topological polar surface area (TPSA) is 21.1 Å². The van der Waals surface area contributed by atoms with Gasteiger partial charge in [-0.1, -0.05) is 32.0 Å². The predicted molar refractivity (Wildman–Crippen MR) is 83.0 cm³/mol. The van der Waals surface area contributed by atoms with Gasteiger partial charge in [0.25, 0.3) is 0 Å². The Morgan fingerprint density at radius 1 is 1.20 bits per heavy atom. The Hall–Kier alpha value is -1.77. The van der Waals surface area contributed by atoms with E-state index >= 15 is 0 Å². The van der Waals surface area contributed by atoms with Gasteiger partial charge >= 0.3 is 0 Å². The zero-order valence-electron chi connectivity index (χ0n) is 12.6. The molecule has 0 spiro atoms. The van der Waals surface area contributed by atoms with Crippen LogP contribution < -0.4 is 4.90 Å². The number of para-hydroxylation sites is 1. The van der Waals surface area contributed by atoms with Gasteiger partial charge in [-0.2, -0.15) is 5.10 Å². The summed E-state index contributed by atoms with van der Waals surface area (Å²) in [6.07, 6.45) is 4.36. The number of anilines is 1. The lowest BCUT2D eigenvalue weighted by molar-refractivity contribution is 0.475. The highest BCUT2D eigenvalue weighted by Gasteiger charge is 2.28. The molecule has 20 heavy (non-hydrogen) atoms. The van der Waals surface area contributed by atoms with E-state index in [4.69, 9.17) is 0 Å². The maximum absolute atomic E-state index is 4.28. The van der Waals surface area contributed by atoms with Crippen molar-refractivity contribution in [3.8, 4) is 0 Å². The fourth-order valence-corrected chi connectivity index (χ4v) is 3.20. The van der Waals surface area contributed by atoms with Gasteiger partial charge in [0.2, 0.25) is 0 Å². The molecule has 3 nitrogen and oxygen atoms in total. The molecule has 0 unspecified atom stereocenters. The number of hydrogen-bond donors (Lipinski definition) is 0. The van der Waals surface area contributed by atoms with Crippen LogP contribution in [0.3, 0.4) is 0 Å². The molecule has 0 atom stereocenters. The number of nitrogens with zero attached hydrogens (tertiary/aromatic N) is 3. The Labute approximate surface area is 121 Å². The average Bonchev–Trinajstić information content (AvgIpc) is 2.77. The molecule has 1 aromatic heterocycles. The standard InChI is InChI=1S/C17H23N3/c1-17(2)10-6-12-20(13-14-9-11-18-19(14)3)16-8-5-4-7-15(16)17/h4-5,7-9,11H,6,10,12-13H2,1-3H3. The van der Waals surface area contributed by atoms with E-state index in [1.807, 2.05) is 17.9 Å². The fraction of sp³-hybridized carbons (Fsp3) is 0.471. The summed E-state index contributed by atoms with van der Waals surface area (Å²) in [5.41, 5.74) is 4.38. The average molecular weight is 269 g/mol. The van der Waals surface area contributed by atoms with E-state index in [0.717, 1.165) is 13.1 Å². The second kappa shape index (κ2) is 4.97. The second-order valence-electron chi connectivity index (χ2n) is 6.37. The number of rotatable bonds is 2. The largest absolute Gasteiger partial charge is 0.365 e. The highest BCUT2D eigenvalue weighted by Crippen LogP contribution is 2.38. The number of aryl methyl sites for hydroxylation is 1. The van der Waals surface area contributed by atoms with Crippen molar-refractivity contribution in [2.75, 3.05) is 11.4 Å². The lowest BCUT2D eigenvalue weighted by Gasteiger charge is -2.28. The minimum Gasteiger partial charge on any atom is -0.365 e. The molecule has 0 saturated carbocycles. The van der Waals surface area contributed by atoms with Crippen molar-refractivity contribution in [3.05, 3.63) is 47.8 Å². The summed E-state index contributed by atoms with van der Waals surface area (Å²) in [5, 5.41) is 4.28. The zero-order chi connectivity index (χ0) is 14.2. The first-order chi connectivity index (χ1) is 9.58. The summed E-state index contributed by atoms with van der Waals surface area (Å²) in [7, 11) is 2.02. The Morgan fingerprint density at radius 2 is 2.00 bits per heavy atom. The minimum absolute atomic E-state index is 0.262. The molecule has 0 amide bonds. The first-order valence-corrected chi connectivity index (χ1v) is 7.39. The molecule has 0 N–H and O–H groups in total. The van der Waals surface area contributed by atoms with Crippen LogP contribution in [0, 0.1) is 0 Å². The van der Waals surface area contributed by atoms with E-state index in [0.29, 0.717) is 0 Å². The van der Waals surface area contributed by atoms with Gasteiger partial charge in [0.15, 0.2) is 0 Å². The van der Waals surface area contributed by atoms with E-state index in [1.54, 1.807) is 0 Å². The third-order valence-electron chi connectivity index (χ3n) is 4.48. The maximum atomic E-state index is 4.28. The van der Waals surface area contributed by atoms with Crippen LogP contribution in [-0.2, 0) is 19.0 Å². The van der Waals surface area contributed by atoms with Crippen molar-refractivity contribution >= 4 is 5.69 Å². The normalized spacial score (nSPS) is 17.6. The van der Waals surface area contributed by atoms with Gasteiger partial charge in [0.1, 0.15) is 0 Å². The molecular formula is C17H23N3. The Morgan fingerprint density at radius 3 is 2.75 bits per heavy atom. The van der Waals surface area contributed by atoms with Crippen molar-refractivity contribution in [3.63, 3.8) is 0 Å². The number of benzene rings is 1. The summed E-state index contributed by atoms with van der Waals surface area (Å²) < 4.78 is 1.97. The Balaban J connectivity index is 1.98. The van der Waals surface area contributed by atoms with Gasteiger partial charge in [0.05, 0.1) is 12.2 Å². The van der Waals surface area contributed by atoms with Crippen LogP contribution in [-0.4, -0.2) is 16.3 Å². The van der Waals surface area contributed by atoms with E-state index in [1.165, 1.54) is 29.8 Å². The SMILES string of the molecule is Cn1nccc1CN1CCCC(C)(C)c2ccccc21. The molecule has 0 saturated heterocycles. The summed E-state index contributed by atoms with van der Waals surface area (Å²) in [4.78, 5) is 2.50. The van der Waals surface area contributed by atoms with Gasteiger partial charge in [-0.15, -0.1) is 0 Å². The predicted octanol–water partition coefficient (Wildman–Crippen LogP) is 3.50. The number of aromatic nitrogens is 2. The van der Waals surface area contributed by atoms with Crippen molar-refractivity contribution < 1.29 is 0 Å². The van der Waals surface area contributed by atoms with Crippen LogP contribution in [0.15, 0.2) is 36.5 Å². The molecule has 1 aliphatic rings. The van der Waals surface area contributed by atoms with E-state index in [2.05, 4.69) is 54.2 Å². The lowest BCUT2D eigenvalue weighted by atomic mass is 9.80. The van der Waals surface area contributed by atoms with Crippen molar-refractivity contribution in [2.24, 2.45) is 7.05 Å². The Kier molecular flexibility index (Phi) is 3.28. The lowest BCUT2D eigenvalue weighted by Crippen LogP contribution is -2.25. The molecule has 1 aliphatic heterocycles. The van der Waals surface area contributed by atoms with Crippen LogP contribution in [0.5, 0.6) is 0 Å². The molecule has 106 valence electrons. The van der Waals surface area contributed by atoms with Gasteiger partial charge < -0.3 is 4.90 Å². The monoisotopic (exact) mass is 269 g/mol. The maximum Gasteiger partial charge on any atom is 0.0598 e. The van der Waals surface area contributed by atoms with E-state index in [9.17, 15) is 0 Å². The third-order valence-corrected chi connectivity index (χ3v) is 4.48. The van der Waals surface area contributed by atoms with Gasteiger partial charge in [0, 0.05) is 25.5 Å². The van der Waals surface area contributed by atoms with Gasteiger partial charge in [-0.3, -0.25) is 4.68 Å². The molecular weight excluding hydrogens is 246 g/mol. The van der Waals surface area contributed by atoms with Crippen LogP contribution >= 0.6 is 0 Å². The summed E-state index contributed by atoms with van der Waals surface area (Å²) in [6.45, 7) is 6.77. The molecule has 0 bridgehead atoms. The number of hydrogen-bond acceptors (Lipinski definition) is 2. The van der Waals surface area contributed by atoms with Crippen LogP contribution in [0.4, 0.5) is 5.69 Å². The summed E-state index contributed by atoms with van der Waals surface area (Å²) in [5.74, 6) is 0. The highest BCUT2D eigenvalue weighted by molar-refractivity contribution is 5.57. The summed E-state index contributed by atoms with van der Waals surface area (Å²) in [6, 6.07) is 11.0.